The molecule has 1 aliphatic heterocycles. The summed E-state index contributed by atoms with van der Waals surface area (Å²) in [5, 5.41) is 8.64. The van der Waals surface area contributed by atoms with Gasteiger partial charge < -0.3 is 5.32 Å². The fraction of sp³-hybridized carbons (Fsp3) is 0.200. The molecule has 0 spiro atoms. The lowest BCUT2D eigenvalue weighted by Crippen LogP contribution is -2.25. The molecule has 0 fully saturated rings. The van der Waals surface area contributed by atoms with Crippen LogP contribution in [-0.4, -0.2) is 21.3 Å². The minimum atomic E-state index is -0.572. The molecule has 0 aliphatic carbocycles. The number of nitrogens with zero attached hydrogens (tertiary/aromatic N) is 3. The zero-order valence-electron chi connectivity index (χ0n) is 11.1. The molecule has 1 N–H and O–H groups in total. The van der Waals surface area contributed by atoms with Gasteiger partial charge in [0.2, 0.25) is 0 Å². The van der Waals surface area contributed by atoms with Gasteiger partial charge >= 0.3 is 0 Å². The van der Waals surface area contributed by atoms with Gasteiger partial charge in [-0.3, -0.25) is 0 Å². The highest BCUT2D eigenvalue weighted by Gasteiger charge is 2.27. The number of rotatable bonds is 1. The molecule has 0 bridgehead atoms. The number of halogens is 2. The second-order valence-corrected chi connectivity index (χ2v) is 5.06. The Kier molecular flexibility index (Phi) is 2.63. The Hall–Kier alpha value is -2.50. The fourth-order valence-electron chi connectivity index (χ4n) is 2.85. The zero-order chi connectivity index (χ0) is 14.4. The first-order valence-corrected chi connectivity index (χ1v) is 6.76. The van der Waals surface area contributed by atoms with Crippen molar-refractivity contribution in [1.82, 2.24) is 14.8 Å². The number of hydrogen-bond acceptors (Lipinski definition) is 3. The van der Waals surface area contributed by atoms with Crippen molar-refractivity contribution < 1.29 is 8.78 Å². The molecule has 3 aromatic rings. The second-order valence-electron chi connectivity index (χ2n) is 5.06. The van der Waals surface area contributed by atoms with Crippen LogP contribution in [0.1, 0.15) is 18.0 Å². The van der Waals surface area contributed by atoms with Gasteiger partial charge in [0, 0.05) is 24.4 Å². The molecule has 4 rings (SSSR count). The number of fused-ring (bicyclic) bond motifs is 3. The summed E-state index contributed by atoms with van der Waals surface area (Å²) in [6, 6.07) is 7.20. The van der Waals surface area contributed by atoms with E-state index in [4.69, 9.17) is 0 Å². The number of anilines is 1. The predicted molar refractivity (Wildman–Crippen MR) is 75.1 cm³/mol. The molecule has 0 saturated heterocycles. The molecule has 1 aliphatic rings. The Balaban J connectivity index is 1.90. The maximum Gasteiger partial charge on any atom is 0.183 e. The summed E-state index contributed by atoms with van der Waals surface area (Å²) in [4.78, 5) is 4.23. The summed E-state index contributed by atoms with van der Waals surface area (Å²) in [6.45, 7) is 0.706. The highest BCUT2D eigenvalue weighted by Crippen LogP contribution is 2.34. The van der Waals surface area contributed by atoms with Gasteiger partial charge in [0.15, 0.2) is 5.65 Å². The average Bonchev–Trinajstić information content (AvgIpc) is 2.86. The van der Waals surface area contributed by atoms with E-state index in [-0.39, 0.29) is 6.04 Å². The summed E-state index contributed by atoms with van der Waals surface area (Å²) in [5.41, 5.74) is 1.07. The minimum absolute atomic E-state index is 0.254. The molecule has 3 heterocycles. The van der Waals surface area contributed by atoms with Crippen LogP contribution in [0.5, 0.6) is 0 Å². The smallest absolute Gasteiger partial charge is 0.183 e. The van der Waals surface area contributed by atoms with Crippen LogP contribution in [0.25, 0.3) is 11.0 Å². The summed E-state index contributed by atoms with van der Waals surface area (Å²) < 4.78 is 28.9. The molecular formula is C15H12F2N4. The first-order valence-electron chi connectivity index (χ1n) is 6.76. The van der Waals surface area contributed by atoms with Crippen molar-refractivity contribution in [1.29, 1.82) is 0 Å². The molecule has 4 nitrogen and oxygen atoms in total. The van der Waals surface area contributed by atoms with Gasteiger partial charge in [0.05, 0.1) is 11.4 Å². The van der Waals surface area contributed by atoms with Gasteiger partial charge in [-0.25, -0.2) is 18.4 Å². The molecule has 1 atom stereocenters. The first kappa shape index (κ1) is 12.3. The van der Waals surface area contributed by atoms with E-state index in [0.717, 1.165) is 17.3 Å². The normalized spacial score (nSPS) is 17.5. The van der Waals surface area contributed by atoms with Crippen molar-refractivity contribution in [3.63, 3.8) is 0 Å². The Morgan fingerprint density at radius 3 is 3.00 bits per heavy atom. The lowest BCUT2D eigenvalue weighted by Gasteiger charge is -2.26. The molecular weight excluding hydrogens is 274 g/mol. The van der Waals surface area contributed by atoms with E-state index in [1.165, 1.54) is 12.1 Å². The third-order valence-corrected chi connectivity index (χ3v) is 3.80. The number of hydrogen-bond donors (Lipinski definition) is 1. The van der Waals surface area contributed by atoms with Crippen molar-refractivity contribution in [2.24, 2.45) is 0 Å². The van der Waals surface area contributed by atoms with Crippen LogP contribution in [0.3, 0.4) is 0 Å². The largest absolute Gasteiger partial charge is 0.370 e. The van der Waals surface area contributed by atoms with Gasteiger partial charge in [-0.2, -0.15) is 0 Å². The van der Waals surface area contributed by atoms with Crippen molar-refractivity contribution >= 4 is 16.9 Å². The van der Waals surface area contributed by atoms with Crippen LogP contribution < -0.4 is 5.32 Å². The van der Waals surface area contributed by atoms with E-state index in [0.29, 0.717) is 24.2 Å². The van der Waals surface area contributed by atoms with E-state index in [2.05, 4.69) is 15.4 Å². The summed E-state index contributed by atoms with van der Waals surface area (Å²) in [7, 11) is 0. The van der Waals surface area contributed by atoms with Crippen LogP contribution in [0.15, 0.2) is 36.5 Å². The SMILES string of the molecule is Fc1ccc(C2CCNc3c4cccnc4nn32)c(F)c1. The van der Waals surface area contributed by atoms with E-state index < -0.39 is 11.6 Å². The summed E-state index contributed by atoms with van der Waals surface area (Å²) >= 11 is 0. The Morgan fingerprint density at radius 1 is 1.24 bits per heavy atom. The van der Waals surface area contributed by atoms with Crippen molar-refractivity contribution in [2.45, 2.75) is 12.5 Å². The van der Waals surface area contributed by atoms with Crippen LogP contribution >= 0.6 is 0 Å². The topological polar surface area (TPSA) is 42.7 Å². The molecule has 2 aromatic heterocycles. The Labute approximate surface area is 119 Å². The molecule has 6 heteroatoms. The van der Waals surface area contributed by atoms with E-state index in [1.807, 2.05) is 12.1 Å². The fourth-order valence-corrected chi connectivity index (χ4v) is 2.85. The number of nitrogens with one attached hydrogen (secondary N) is 1. The maximum atomic E-state index is 14.1. The third-order valence-electron chi connectivity index (χ3n) is 3.80. The molecule has 106 valence electrons. The molecule has 0 radical (unpaired) electrons. The zero-order valence-corrected chi connectivity index (χ0v) is 11.1. The van der Waals surface area contributed by atoms with E-state index in [9.17, 15) is 8.78 Å². The Morgan fingerprint density at radius 2 is 2.14 bits per heavy atom. The predicted octanol–water partition coefficient (Wildman–Crippen LogP) is 3.11. The van der Waals surface area contributed by atoms with Gasteiger partial charge in [0.1, 0.15) is 17.5 Å². The van der Waals surface area contributed by atoms with Gasteiger partial charge in [-0.05, 0) is 24.6 Å². The number of aromatic nitrogens is 3. The monoisotopic (exact) mass is 286 g/mol. The first-order chi connectivity index (χ1) is 10.2. The highest BCUT2D eigenvalue weighted by molar-refractivity contribution is 5.87. The van der Waals surface area contributed by atoms with E-state index in [1.54, 1.807) is 10.9 Å². The Bertz CT molecular complexity index is 828. The lowest BCUT2D eigenvalue weighted by atomic mass is 10.0. The average molecular weight is 286 g/mol. The lowest BCUT2D eigenvalue weighted by molar-refractivity contribution is 0.458. The van der Waals surface area contributed by atoms with Gasteiger partial charge in [0.25, 0.3) is 0 Å². The molecule has 0 amide bonds. The molecule has 1 aromatic carbocycles. The van der Waals surface area contributed by atoms with Crippen LogP contribution in [0.4, 0.5) is 14.6 Å². The molecule has 0 saturated carbocycles. The quantitative estimate of drug-likeness (QED) is 0.747. The maximum absolute atomic E-state index is 14.1. The molecule has 1 unspecified atom stereocenters. The van der Waals surface area contributed by atoms with Crippen molar-refractivity contribution in [2.75, 3.05) is 11.9 Å². The standard InChI is InChI=1S/C15H12F2N4/c16-9-3-4-10(12(17)8-9)13-5-7-19-15-11-2-1-6-18-14(11)20-21(13)15/h1-4,6,8,13,19H,5,7H2. The van der Waals surface area contributed by atoms with Crippen LogP contribution in [-0.2, 0) is 0 Å². The summed E-state index contributed by atoms with van der Waals surface area (Å²) in [5.74, 6) is -0.281. The number of benzene rings is 1. The minimum Gasteiger partial charge on any atom is -0.370 e. The third kappa shape index (κ3) is 1.86. The van der Waals surface area contributed by atoms with Gasteiger partial charge in [-0.1, -0.05) is 6.07 Å². The highest BCUT2D eigenvalue weighted by atomic mass is 19.1. The van der Waals surface area contributed by atoms with Crippen LogP contribution in [0, 0.1) is 11.6 Å². The van der Waals surface area contributed by atoms with Crippen molar-refractivity contribution in [3.8, 4) is 0 Å². The number of pyridine rings is 1. The van der Waals surface area contributed by atoms with E-state index >= 15 is 0 Å². The van der Waals surface area contributed by atoms with Crippen molar-refractivity contribution in [3.05, 3.63) is 53.7 Å². The van der Waals surface area contributed by atoms with Crippen LogP contribution in [0.2, 0.25) is 0 Å². The second kappa shape index (κ2) is 4.51. The summed E-state index contributed by atoms with van der Waals surface area (Å²) in [6.07, 6.45) is 2.36. The van der Waals surface area contributed by atoms with Gasteiger partial charge in [-0.15, -0.1) is 5.10 Å². The molecule has 21 heavy (non-hydrogen) atoms.